The molecule has 0 atom stereocenters. The van der Waals surface area contributed by atoms with E-state index in [1.807, 2.05) is 24.3 Å². The standard InChI is InChI=1S/C16H24BO3/c1-15(2,3)16(4,5)20-17-13-9-6-12(7-10-13)8-11-14(18)19/h6-7,9-10H,8,11H2,1-5H3,(H,18,19). The van der Waals surface area contributed by atoms with Gasteiger partial charge in [0.1, 0.15) is 0 Å². The van der Waals surface area contributed by atoms with Gasteiger partial charge in [-0.3, -0.25) is 4.79 Å². The van der Waals surface area contributed by atoms with Crippen LogP contribution in [0.2, 0.25) is 0 Å². The maximum absolute atomic E-state index is 10.5. The van der Waals surface area contributed by atoms with Crippen LogP contribution in [0.1, 0.15) is 46.6 Å². The van der Waals surface area contributed by atoms with Gasteiger partial charge >= 0.3 is 13.5 Å². The summed E-state index contributed by atoms with van der Waals surface area (Å²) in [5, 5.41) is 8.65. The molecule has 1 aromatic rings. The zero-order chi connectivity index (χ0) is 15.4. The molecule has 0 aliphatic heterocycles. The van der Waals surface area contributed by atoms with Crippen molar-refractivity contribution < 1.29 is 14.6 Å². The van der Waals surface area contributed by atoms with Crippen LogP contribution in [0.3, 0.4) is 0 Å². The lowest BCUT2D eigenvalue weighted by molar-refractivity contribution is -0.136. The van der Waals surface area contributed by atoms with Crippen LogP contribution in [0.5, 0.6) is 0 Å². The van der Waals surface area contributed by atoms with Gasteiger partial charge in [-0.2, -0.15) is 0 Å². The van der Waals surface area contributed by atoms with Gasteiger partial charge in [-0.15, -0.1) is 0 Å². The summed E-state index contributed by atoms with van der Waals surface area (Å²) in [5.74, 6) is -0.768. The monoisotopic (exact) mass is 275 g/mol. The summed E-state index contributed by atoms with van der Waals surface area (Å²) < 4.78 is 5.90. The number of aliphatic carboxylic acids is 1. The molecular weight excluding hydrogens is 251 g/mol. The molecule has 4 heteroatoms. The van der Waals surface area contributed by atoms with E-state index in [9.17, 15) is 4.79 Å². The van der Waals surface area contributed by atoms with E-state index in [-0.39, 0.29) is 17.4 Å². The Labute approximate surface area is 122 Å². The predicted molar refractivity (Wildman–Crippen MR) is 82.4 cm³/mol. The fourth-order valence-corrected chi connectivity index (χ4v) is 1.41. The molecule has 20 heavy (non-hydrogen) atoms. The summed E-state index contributed by atoms with van der Waals surface area (Å²) in [6, 6.07) is 7.80. The van der Waals surface area contributed by atoms with E-state index in [1.165, 1.54) is 0 Å². The Kier molecular flexibility index (Phi) is 5.40. The van der Waals surface area contributed by atoms with Gasteiger partial charge < -0.3 is 9.76 Å². The summed E-state index contributed by atoms with van der Waals surface area (Å²) in [5.41, 5.74) is 1.81. The Bertz CT molecular complexity index is 444. The average molecular weight is 275 g/mol. The minimum Gasteiger partial charge on any atom is -0.481 e. The molecule has 0 saturated carbocycles. The van der Waals surface area contributed by atoms with Crippen molar-refractivity contribution in [1.29, 1.82) is 0 Å². The molecule has 0 aliphatic rings. The smallest absolute Gasteiger partial charge is 0.330 e. The maximum Gasteiger partial charge on any atom is 0.330 e. The molecule has 1 rings (SSSR count). The molecular formula is C16H24BO3. The fourth-order valence-electron chi connectivity index (χ4n) is 1.41. The second-order valence-electron chi connectivity index (χ2n) is 6.63. The predicted octanol–water partition coefficient (Wildman–Crippen LogP) is 2.79. The summed E-state index contributed by atoms with van der Waals surface area (Å²) in [7, 11) is 1.77. The minimum absolute atomic E-state index is 0.0466. The molecule has 0 aromatic heterocycles. The molecule has 0 bridgehead atoms. The van der Waals surface area contributed by atoms with E-state index in [0.717, 1.165) is 11.0 Å². The third kappa shape index (κ3) is 5.01. The first-order chi connectivity index (χ1) is 9.12. The van der Waals surface area contributed by atoms with Crippen molar-refractivity contribution >= 4 is 18.9 Å². The van der Waals surface area contributed by atoms with Crippen molar-refractivity contribution in [2.24, 2.45) is 5.41 Å². The van der Waals surface area contributed by atoms with Gasteiger partial charge in [0, 0.05) is 6.42 Å². The summed E-state index contributed by atoms with van der Waals surface area (Å²) in [4.78, 5) is 10.5. The molecule has 0 spiro atoms. The number of carboxylic acid groups (broad SMARTS) is 1. The highest BCUT2D eigenvalue weighted by molar-refractivity contribution is 6.47. The van der Waals surface area contributed by atoms with Gasteiger partial charge in [0.25, 0.3) is 0 Å². The first kappa shape index (κ1) is 16.8. The molecule has 0 unspecified atom stereocenters. The Morgan fingerprint density at radius 2 is 1.70 bits per heavy atom. The third-order valence-corrected chi connectivity index (χ3v) is 3.90. The van der Waals surface area contributed by atoms with E-state index >= 15 is 0 Å². The van der Waals surface area contributed by atoms with Crippen LogP contribution in [0.15, 0.2) is 24.3 Å². The Hall–Kier alpha value is -1.29. The lowest BCUT2D eigenvalue weighted by Gasteiger charge is -2.39. The second-order valence-corrected chi connectivity index (χ2v) is 6.63. The zero-order valence-corrected chi connectivity index (χ0v) is 13.1. The Morgan fingerprint density at radius 3 is 2.15 bits per heavy atom. The molecule has 0 aliphatic carbocycles. The number of benzene rings is 1. The van der Waals surface area contributed by atoms with Gasteiger partial charge in [-0.25, -0.2) is 0 Å². The molecule has 0 saturated heterocycles. The number of hydrogen-bond acceptors (Lipinski definition) is 2. The first-order valence-electron chi connectivity index (χ1n) is 6.93. The molecule has 0 heterocycles. The largest absolute Gasteiger partial charge is 0.481 e. The van der Waals surface area contributed by atoms with Crippen molar-refractivity contribution in [3.8, 4) is 0 Å². The van der Waals surface area contributed by atoms with Crippen molar-refractivity contribution in [2.75, 3.05) is 0 Å². The van der Waals surface area contributed by atoms with E-state index < -0.39 is 5.97 Å². The van der Waals surface area contributed by atoms with E-state index in [2.05, 4.69) is 34.6 Å². The summed E-state index contributed by atoms with van der Waals surface area (Å²) in [6.45, 7) is 10.6. The number of aryl methyl sites for hydroxylation is 1. The SMILES string of the molecule is CC(C)(C)C(C)(C)O[B]c1ccc(CCC(=O)O)cc1. The van der Waals surface area contributed by atoms with Crippen LogP contribution < -0.4 is 5.46 Å². The molecule has 109 valence electrons. The highest BCUT2D eigenvalue weighted by Crippen LogP contribution is 2.32. The van der Waals surface area contributed by atoms with Crippen molar-refractivity contribution in [1.82, 2.24) is 0 Å². The van der Waals surface area contributed by atoms with Gasteiger partial charge in [0.05, 0.1) is 5.60 Å². The summed E-state index contributed by atoms with van der Waals surface area (Å²) in [6.07, 6.45) is 0.723. The minimum atomic E-state index is -0.768. The quantitative estimate of drug-likeness (QED) is 0.812. The van der Waals surface area contributed by atoms with Crippen LogP contribution in [-0.4, -0.2) is 24.2 Å². The Balaban J connectivity index is 2.56. The van der Waals surface area contributed by atoms with Gasteiger partial charge in [-0.05, 0) is 31.2 Å². The van der Waals surface area contributed by atoms with Crippen LogP contribution in [0.25, 0.3) is 0 Å². The highest BCUT2D eigenvalue weighted by Gasteiger charge is 2.33. The maximum atomic E-state index is 10.5. The van der Waals surface area contributed by atoms with Crippen molar-refractivity contribution in [3.63, 3.8) is 0 Å². The Morgan fingerprint density at radius 1 is 1.15 bits per heavy atom. The van der Waals surface area contributed by atoms with Crippen molar-refractivity contribution in [3.05, 3.63) is 29.8 Å². The zero-order valence-electron chi connectivity index (χ0n) is 13.1. The van der Waals surface area contributed by atoms with E-state index in [4.69, 9.17) is 9.76 Å². The molecule has 1 radical (unpaired) electrons. The number of hydrogen-bond donors (Lipinski definition) is 1. The number of carbonyl (C=O) groups is 1. The number of rotatable bonds is 6. The molecule has 3 nitrogen and oxygen atoms in total. The average Bonchev–Trinajstić information content (AvgIpc) is 2.34. The van der Waals surface area contributed by atoms with Crippen LogP contribution in [-0.2, 0) is 15.9 Å². The molecule has 1 N–H and O–H groups in total. The van der Waals surface area contributed by atoms with E-state index in [0.29, 0.717) is 6.42 Å². The normalized spacial score (nSPS) is 12.2. The topological polar surface area (TPSA) is 46.5 Å². The summed E-state index contributed by atoms with van der Waals surface area (Å²) >= 11 is 0. The van der Waals surface area contributed by atoms with E-state index in [1.54, 1.807) is 7.48 Å². The lowest BCUT2D eigenvalue weighted by Crippen LogP contribution is -2.42. The second kappa shape index (κ2) is 6.44. The first-order valence-corrected chi connectivity index (χ1v) is 6.93. The van der Waals surface area contributed by atoms with Crippen molar-refractivity contribution in [2.45, 2.75) is 53.1 Å². The highest BCUT2D eigenvalue weighted by atomic mass is 16.5. The van der Waals surface area contributed by atoms with Crippen LogP contribution in [0.4, 0.5) is 0 Å². The van der Waals surface area contributed by atoms with Gasteiger partial charge in [-0.1, -0.05) is 50.5 Å². The third-order valence-electron chi connectivity index (χ3n) is 3.90. The van der Waals surface area contributed by atoms with Gasteiger partial charge in [0.15, 0.2) is 0 Å². The molecule has 0 amide bonds. The van der Waals surface area contributed by atoms with Crippen LogP contribution >= 0.6 is 0 Å². The molecule has 1 aromatic carbocycles. The fraction of sp³-hybridized carbons (Fsp3) is 0.562. The van der Waals surface area contributed by atoms with Gasteiger partial charge in [0.2, 0.25) is 0 Å². The number of carboxylic acids is 1. The molecule has 0 fully saturated rings. The lowest BCUT2D eigenvalue weighted by atomic mass is 9.76. The van der Waals surface area contributed by atoms with Crippen LogP contribution in [0, 0.1) is 5.41 Å².